The van der Waals surface area contributed by atoms with Gasteiger partial charge in [0.25, 0.3) is 21.6 Å². The number of H-pyrrole nitrogens is 1. The summed E-state index contributed by atoms with van der Waals surface area (Å²) >= 11 is 6.26. The van der Waals surface area contributed by atoms with E-state index in [0.29, 0.717) is 79.5 Å². The molecule has 0 bridgehead atoms. The molecule has 4 aliphatic rings. The third-order valence-electron chi connectivity index (χ3n) is 13.0. The Morgan fingerprint density at radius 3 is 2.59 bits per heavy atom. The average Bonchev–Trinajstić information content (AvgIpc) is 3.75. The third-order valence-corrected chi connectivity index (χ3v) is 14.6. The second-order valence-corrected chi connectivity index (χ2v) is 19.1. The van der Waals surface area contributed by atoms with Crippen LogP contribution in [0.4, 0.5) is 15.8 Å². The predicted molar refractivity (Wildman–Crippen MR) is 236 cm³/mol. The highest BCUT2D eigenvalue weighted by Gasteiger charge is 2.41. The minimum Gasteiger partial charge on any atom is -0.452 e. The zero-order valence-corrected chi connectivity index (χ0v) is 36.2. The summed E-state index contributed by atoms with van der Waals surface area (Å²) < 4.78 is 63.4. The molecule has 1 saturated carbocycles. The lowest BCUT2D eigenvalue weighted by Gasteiger charge is -2.47. The maximum Gasteiger partial charge on any atom is 0.273 e. The van der Waals surface area contributed by atoms with E-state index in [-0.39, 0.29) is 24.0 Å². The molecule has 0 unspecified atom stereocenters. The molecule has 2 aliphatic carbocycles. The van der Waals surface area contributed by atoms with Crippen LogP contribution in [0.2, 0.25) is 5.02 Å². The molecule has 5 aromatic rings. The smallest absolute Gasteiger partial charge is 0.273 e. The van der Waals surface area contributed by atoms with Gasteiger partial charge in [-0.1, -0.05) is 41.8 Å². The summed E-state index contributed by atoms with van der Waals surface area (Å²) in [4.78, 5) is 36.4. The number of ether oxygens (including phenoxy) is 3. The predicted octanol–water partition coefficient (Wildman–Crippen LogP) is 8.45. The van der Waals surface area contributed by atoms with E-state index in [1.807, 2.05) is 21.8 Å². The number of hydrogen-bond donors (Lipinski definition) is 2. The van der Waals surface area contributed by atoms with Crippen molar-refractivity contribution < 1.29 is 36.7 Å². The molecule has 3 aromatic carbocycles. The lowest BCUT2D eigenvalue weighted by Crippen LogP contribution is -2.47. The number of benzene rings is 3. The summed E-state index contributed by atoms with van der Waals surface area (Å²) in [6.07, 6.45) is 10.6. The molecular formula is C46H48ClFN6O8S. The number of carbonyl (C=O) groups excluding carboxylic acids is 1. The van der Waals surface area contributed by atoms with Gasteiger partial charge in [0.1, 0.15) is 11.4 Å². The number of aromatic nitrogens is 2. The first-order chi connectivity index (χ1) is 30.4. The lowest BCUT2D eigenvalue weighted by atomic mass is 9.59. The largest absolute Gasteiger partial charge is 0.452 e. The van der Waals surface area contributed by atoms with Gasteiger partial charge in [-0.25, -0.2) is 22.5 Å². The van der Waals surface area contributed by atoms with Crippen LogP contribution in [-0.2, 0) is 25.9 Å². The van der Waals surface area contributed by atoms with Gasteiger partial charge in [-0.15, -0.1) is 0 Å². The number of hydrogen-bond acceptors (Lipinski definition) is 11. The van der Waals surface area contributed by atoms with E-state index in [9.17, 15) is 23.3 Å². The zero-order chi connectivity index (χ0) is 43.7. The minimum atomic E-state index is -4.69. The topological polar surface area (TPSA) is 169 Å². The van der Waals surface area contributed by atoms with E-state index in [2.05, 4.69) is 27.0 Å². The van der Waals surface area contributed by atoms with Crippen molar-refractivity contribution in [2.24, 2.45) is 5.41 Å². The number of fused-ring (bicyclic) bond motifs is 1. The second kappa shape index (κ2) is 18.0. The number of nitrogens with one attached hydrogen (secondary N) is 2. The van der Waals surface area contributed by atoms with E-state index < -0.39 is 48.6 Å². The van der Waals surface area contributed by atoms with E-state index in [0.717, 1.165) is 25.5 Å². The van der Waals surface area contributed by atoms with Crippen molar-refractivity contribution >= 4 is 55.5 Å². The molecule has 4 heterocycles. The van der Waals surface area contributed by atoms with Crippen LogP contribution in [0.5, 0.6) is 11.5 Å². The van der Waals surface area contributed by atoms with Crippen LogP contribution in [0.3, 0.4) is 0 Å². The highest BCUT2D eigenvalue weighted by atomic mass is 35.5. The van der Waals surface area contributed by atoms with Gasteiger partial charge >= 0.3 is 0 Å². The Hall–Kier alpha value is -5.39. The molecule has 3 fully saturated rings. The van der Waals surface area contributed by atoms with Crippen molar-refractivity contribution in [3.8, 4) is 11.5 Å². The number of halogens is 2. The molecule has 2 saturated heterocycles. The van der Waals surface area contributed by atoms with E-state index >= 15 is 4.39 Å². The van der Waals surface area contributed by atoms with Crippen molar-refractivity contribution in [1.29, 1.82) is 0 Å². The summed E-state index contributed by atoms with van der Waals surface area (Å²) in [7, 11) is -4.69. The number of aromatic amines is 1. The van der Waals surface area contributed by atoms with Gasteiger partial charge in [-0.05, 0) is 104 Å². The quantitative estimate of drug-likeness (QED) is 0.0859. The molecular weight excluding hydrogens is 851 g/mol. The Kier molecular flexibility index (Phi) is 12.3. The lowest BCUT2D eigenvalue weighted by molar-refractivity contribution is -0.385. The number of piperazine rings is 1. The maximum absolute atomic E-state index is 17.0. The van der Waals surface area contributed by atoms with Crippen molar-refractivity contribution in [2.45, 2.75) is 62.4 Å². The van der Waals surface area contributed by atoms with Crippen LogP contribution in [0.1, 0.15) is 66.4 Å². The van der Waals surface area contributed by atoms with Crippen LogP contribution in [0, 0.1) is 21.3 Å². The van der Waals surface area contributed by atoms with Gasteiger partial charge in [0.2, 0.25) is 0 Å². The number of allylic oxidation sites excluding steroid dienone is 1. The fourth-order valence-corrected chi connectivity index (χ4v) is 10.4. The molecule has 1 atom stereocenters. The summed E-state index contributed by atoms with van der Waals surface area (Å²) in [6.45, 7) is 4.40. The number of nitro benzene ring substituents is 1. The van der Waals surface area contributed by atoms with Crippen molar-refractivity contribution in [1.82, 2.24) is 19.6 Å². The van der Waals surface area contributed by atoms with Gasteiger partial charge in [-0.2, -0.15) is 0 Å². The molecule has 1 spiro atoms. The maximum atomic E-state index is 17.0. The first-order valence-electron chi connectivity index (χ1n) is 21.4. The average molecular weight is 899 g/mol. The molecule has 63 heavy (non-hydrogen) atoms. The normalized spacial score (nSPS) is 19.3. The molecule has 9 rings (SSSR count). The molecule has 14 nitrogen and oxygen atoms in total. The zero-order valence-electron chi connectivity index (χ0n) is 34.6. The van der Waals surface area contributed by atoms with Gasteiger partial charge < -0.3 is 24.1 Å². The highest BCUT2D eigenvalue weighted by Crippen LogP contribution is 2.55. The van der Waals surface area contributed by atoms with Gasteiger partial charge in [0, 0.05) is 61.0 Å². The van der Waals surface area contributed by atoms with Crippen LogP contribution < -0.4 is 14.4 Å². The van der Waals surface area contributed by atoms with Gasteiger partial charge in [0.15, 0.2) is 11.6 Å². The number of rotatable bonds is 13. The molecule has 1 amide bonds. The fraction of sp³-hybridized carbons (Fsp3) is 0.391. The standard InChI is InChI=1S/C46H48ClFN6O8S/c47-34-6-2-30(3-7-34)39-26-46(14-1-15-46)16-12-33(39)28-52-18-20-53(21-19-52)40-11-10-38(43(42(40)48)62-36-24-32-13-17-49-44(32)50-27-36)45(55)51-63(58,59)37-9-5-31(41(25-37)54(56)57)4-8-35-29-60-22-23-61-35/h2-3,5-7,9-11,13,17,24-25,27,35H,1,4,8,12,14-16,18-23,26,28-29H2,(H,49,50)(H,51,55)/t35-/m0/s1. The van der Waals surface area contributed by atoms with E-state index in [4.69, 9.17) is 25.8 Å². The summed E-state index contributed by atoms with van der Waals surface area (Å²) in [6, 6.07) is 17.8. The number of nitro groups is 1. The SMILES string of the molecule is O=C(NS(=O)(=O)c1ccc(CC[C@H]2COCCO2)c([N+](=O)[O-])c1)c1ccc(N2CCN(CC3=C(c4ccc(Cl)cc4)CC4(CCC4)CC3)CC2)c(F)c1Oc1cnc2[nH]ccc2c1. The first-order valence-corrected chi connectivity index (χ1v) is 23.2. The van der Waals surface area contributed by atoms with Crippen LogP contribution >= 0.6 is 11.6 Å². The second-order valence-electron chi connectivity index (χ2n) is 16.9. The Morgan fingerprint density at radius 2 is 1.86 bits per heavy atom. The number of sulfonamides is 1. The number of aryl methyl sites for hydroxylation is 1. The Bertz CT molecular complexity index is 2670. The number of pyridine rings is 1. The summed E-state index contributed by atoms with van der Waals surface area (Å²) in [5.74, 6) is -2.39. The van der Waals surface area contributed by atoms with Crippen LogP contribution in [-0.4, -0.2) is 92.8 Å². The van der Waals surface area contributed by atoms with Crippen molar-refractivity contribution in [2.75, 3.05) is 57.4 Å². The van der Waals surface area contributed by atoms with Gasteiger partial charge in [-0.3, -0.25) is 19.8 Å². The summed E-state index contributed by atoms with van der Waals surface area (Å²) in [5, 5.41) is 13.5. The number of amides is 1. The molecule has 0 radical (unpaired) electrons. The first kappa shape index (κ1) is 42.9. The third kappa shape index (κ3) is 9.32. The Labute approximate surface area is 369 Å². The molecule has 2 N–H and O–H groups in total. The molecule has 17 heteroatoms. The van der Waals surface area contributed by atoms with E-state index in [1.165, 1.54) is 72.9 Å². The van der Waals surface area contributed by atoms with Crippen molar-refractivity contribution in [3.05, 3.63) is 122 Å². The van der Waals surface area contributed by atoms with Crippen LogP contribution in [0.25, 0.3) is 16.6 Å². The highest BCUT2D eigenvalue weighted by molar-refractivity contribution is 7.90. The molecule has 2 aliphatic heterocycles. The van der Waals surface area contributed by atoms with Crippen LogP contribution in [0.15, 0.2) is 89.6 Å². The number of anilines is 1. The van der Waals surface area contributed by atoms with Gasteiger partial charge in [0.05, 0.1) is 53.2 Å². The monoisotopic (exact) mass is 898 g/mol. The number of carbonyl (C=O) groups is 1. The number of nitrogens with zero attached hydrogens (tertiary/aromatic N) is 4. The minimum absolute atomic E-state index is 0.122. The van der Waals surface area contributed by atoms with Crippen molar-refractivity contribution in [3.63, 3.8) is 0 Å². The molecule has 2 aromatic heterocycles. The Morgan fingerprint density at radius 1 is 1.05 bits per heavy atom. The Balaban J connectivity index is 0.945. The molecule has 330 valence electrons. The summed E-state index contributed by atoms with van der Waals surface area (Å²) in [5.41, 5.74) is 4.74. The van der Waals surface area contributed by atoms with E-state index in [1.54, 1.807) is 18.3 Å². The fourth-order valence-electron chi connectivity index (χ4n) is 9.32.